The van der Waals surface area contributed by atoms with E-state index in [1.54, 1.807) is 0 Å². The minimum absolute atomic E-state index is 0.298. The quantitative estimate of drug-likeness (QED) is 0.582. The highest BCUT2D eigenvalue weighted by molar-refractivity contribution is 5.49. The van der Waals surface area contributed by atoms with Crippen LogP contribution in [0.25, 0.3) is 0 Å². The molecule has 1 N–H and O–H groups in total. The Morgan fingerprint density at radius 3 is 2.30 bits per heavy atom. The highest BCUT2D eigenvalue weighted by Crippen LogP contribution is 2.18. The summed E-state index contributed by atoms with van der Waals surface area (Å²) in [5, 5.41) is 2.27. The van der Waals surface area contributed by atoms with Crippen LogP contribution >= 0.6 is 0 Å². The summed E-state index contributed by atoms with van der Waals surface area (Å²) in [6.45, 7) is 16.9. The summed E-state index contributed by atoms with van der Waals surface area (Å²) in [5.74, 6) is 0. The average molecular weight is 272 g/mol. The van der Waals surface area contributed by atoms with E-state index in [0.717, 1.165) is 11.3 Å². The number of anilines is 1. The molecular weight excluding hydrogens is 244 g/mol. The van der Waals surface area contributed by atoms with E-state index in [1.165, 1.54) is 11.1 Å². The molecule has 0 saturated carbocycles. The number of allylic oxidation sites excluding steroid dienone is 2. The first-order valence-electron chi connectivity index (χ1n) is 7.27. The number of nitrogens with one attached hydrogen (secondary N) is 1. The predicted octanol–water partition coefficient (Wildman–Crippen LogP) is 4.94. The average Bonchev–Trinajstić information content (AvgIpc) is 2.36. The SMILES string of the molecule is C=C(C)/C(C)=C/[C@@H](C)N(Nc1ccccc1C)C(C)C. The van der Waals surface area contributed by atoms with Crippen molar-refractivity contribution in [3.8, 4) is 0 Å². The standard InChI is InChI=1S/C18H28N2/c1-13(2)16(6)12-17(7)20(14(3)4)19-18-11-9-8-10-15(18)5/h8-12,14,17,19H,1H2,2-7H3/b16-12+/t17-/m1/s1. The number of aryl methyl sites for hydroxylation is 1. The summed E-state index contributed by atoms with van der Waals surface area (Å²) in [5.41, 5.74) is 8.33. The van der Waals surface area contributed by atoms with E-state index in [0.29, 0.717) is 12.1 Å². The van der Waals surface area contributed by atoms with Gasteiger partial charge >= 0.3 is 0 Å². The zero-order valence-electron chi connectivity index (χ0n) is 13.7. The Bertz CT molecular complexity index is 486. The molecule has 2 heteroatoms. The van der Waals surface area contributed by atoms with Crippen LogP contribution in [-0.2, 0) is 0 Å². The largest absolute Gasteiger partial charge is 0.318 e. The molecule has 1 aromatic carbocycles. The Labute approximate surface area is 124 Å². The molecule has 1 aromatic rings. The Morgan fingerprint density at radius 2 is 1.80 bits per heavy atom. The molecule has 0 aliphatic carbocycles. The van der Waals surface area contributed by atoms with E-state index < -0.39 is 0 Å². The van der Waals surface area contributed by atoms with Crippen LogP contribution in [-0.4, -0.2) is 17.1 Å². The van der Waals surface area contributed by atoms with Crippen LogP contribution in [0.3, 0.4) is 0 Å². The van der Waals surface area contributed by atoms with Crippen LogP contribution in [0, 0.1) is 6.92 Å². The van der Waals surface area contributed by atoms with Crippen molar-refractivity contribution >= 4 is 5.69 Å². The molecule has 0 spiro atoms. The van der Waals surface area contributed by atoms with Gasteiger partial charge in [0.1, 0.15) is 0 Å². The molecular formula is C18H28N2. The maximum absolute atomic E-state index is 4.00. The highest BCUT2D eigenvalue weighted by atomic mass is 15.5. The molecule has 1 rings (SSSR count). The van der Waals surface area contributed by atoms with Crippen molar-refractivity contribution in [1.82, 2.24) is 5.01 Å². The molecule has 0 aromatic heterocycles. The van der Waals surface area contributed by atoms with Gasteiger partial charge in [-0.15, -0.1) is 0 Å². The van der Waals surface area contributed by atoms with E-state index in [9.17, 15) is 0 Å². The van der Waals surface area contributed by atoms with Crippen LogP contribution in [0.1, 0.15) is 40.2 Å². The van der Waals surface area contributed by atoms with E-state index in [2.05, 4.69) is 82.0 Å². The lowest BCUT2D eigenvalue weighted by Gasteiger charge is -2.33. The first-order chi connectivity index (χ1) is 9.32. The summed E-state index contributed by atoms with van der Waals surface area (Å²) in [7, 11) is 0. The molecule has 0 bridgehead atoms. The Kier molecular flexibility index (Phi) is 6.03. The van der Waals surface area contributed by atoms with E-state index in [1.807, 2.05) is 6.92 Å². The third kappa shape index (κ3) is 4.53. The summed E-state index contributed by atoms with van der Waals surface area (Å²) >= 11 is 0. The number of nitrogens with zero attached hydrogens (tertiary/aromatic N) is 1. The zero-order valence-corrected chi connectivity index (χ0v) is 13.7. The van der Waals surface area contributed by atoms with Gasteiger partial charge in [0.2, 0.25) is 0 Å². The summed E-state index contributed by atoms with van der Waals surface area (Å²) in [6, 6.07) is 9.07. The second-order valence-electron chi connectivity index (χ2n) is 5.80. The summed E-state index contributed by atoms with van der Waals surface area (Å²) in [6.07, 6.45) is 2.26. The monoisotopic (exact) mass is 272 g/mol. The first-order valence-corrected chi connectivity index (χ1v) is 7.27. The van der Waals surface area contributed by atoms with Crippen molar-refractivity contribution in [2.75, 3.05) is 5.43 Å². The van der Waals surface area contributed by atoms with E-state index >= 15 is 0 Å². The lowest BCUT2D eigenvalue weighted by molar-refractivity contribution is 0.237. The van der Waals surface area contributed by atoms with E-state index in [-0.39, 0.29) is 0 Å². The smallest absolute Gasteiger partial charge is 0.0519 e. The fourth-order valence-corrected chi connectivity index (χ4v) is 2.12. The van der Waals surface area contributed by atoms with Crippen molar-refractivity contribution in [3.05, 3.63) is 53.6 Å². The lowest BCUT2D eigenvalue weighted by atomic mass is 10.1. The van der Waals surface area contributed by atoms with Crippen molar-refractivity contribution in [2.45, 2.75) is 53.6 Å². The van der Waals surface area contributed by atoms with Gasteiger partial charge in [-0.25, -0.2) is 5.01 Å². The van der Waals surface area contributed by atoms with Crippen molar-refractivity contribution < 1.29 is 0 Å². The van der Waals surface area contributed by atoms with E-state index in [4.69, 9.17) is 0 Å². The van der Waals surface area contributed by atoms with Crippen molar-refractivity contribution in [2.24, 2.45) is 0 Å². The predicted molar refractivity (Wildman–Crippen MR) is 89.8 cm³/mol. The number of benzene rings is 1. The first kappa shape index (κ1) is 16.5. The molecule has 0 aliphatic rings. The molecule has 2 nitrogen and oxygen atoms in total. The summed E-state index contributed by atoms with van der Waals surface area (Å²) in [4.78, 5) is 0. The third-order valence-corrected chi connectivity index (χ3v) is 3.55. The molecule has 0 saturated heterocycles. The minimum atomic E-state index is 0.298. The third-order valence-electron chi connectivity index (χ3n) is 3.55. The Balaban J connectivity index is 2.93. The van der Waals surface area contributed by atoms with Crippen LogP contribution in [0.15, 0.2) is 48.1 Å². The molecule has 0 amide bonds. The molecule has 0 aliphatic heterocycles. The van der Waals surface area contributed by atoms with Crippen LogP contribution in [0.2, 0.25) is 0 Å². The Morgan fingerprint density at radius 1 is 1.20 bits per heavy atom. The maximum Gasteiger partial charge on any atom is 0.0519 e. The molecule has 1 atom stereocenters. The number of hydrazine groups is 1. The molecule has 110 valence electrons. The highest BCUT2D eigenvalue weighted by Gasteiger charge is 2.16. The normalized spacial score (nSPS) is 13.7. The molecule has 0 radical (unpaired) electrons. The van der Waals surface area contributed by atoms with Crippen molar-refractivity contribution in [3.63, 3.8) is 0 Å². The van der Waals surface area contributed by atoms with Gasteiger partial charge in [0, 0.05) is 12.1 Å². The second-order valence-corrected chi connectivity index (χ2v) is 5.80. The number of hydrogen-bond donors (Lipinski definition) is 1. The fourth-order valence-electron chi connectivity index (χ4n) is 2.12. The van der Waals surface area contributed by atoms with Gasteiger partial charge in [0.25, 0.3) is 0 Å². The van der Waals surface area contributed by atoms with Gasteiger partial charge in [0.15, 0.2) is 0 Å². The van der Waals surface area contributed by atoms with Gasteiger partial charge in [-0.2, -0.15) is 0 Å². The zero-order chi connectivity index (χ0) is 15.3. The van der Waals surface area contributed by atoms with Gasteiger partial charge in [-0.3, -0.25) is 0 Å². The van der Waals surface area contributed by atoms with Gasteiger partial charge in [-0.1, -0.05) is 42.0 Å². The van der Waals surface area contributed by atoms with Gasteiger partial charge < -0.3 is 5.43 Å². The molecule has 0 fully saturated rings. The maximum atomic E-state index is 4.00. The van der Waals surface area contributed by atoms with Crippen LogP contribution in [0.4, 0.5) is 5.69 Å². The molecule has 20 heavy (non-hydrogen) atoms. The topological polar surface area (TPSA) is 15.3 Å². The molecule has 0 heterocycles. The molecule has 0 unspecified atom stereocenters. The number of hydrogen-bond acceptors (Lipinski definition) is 2. The minimum Gasteiger partial charge on any atom is -0.318 e. The van der Waals surface area contributed by atoms with Crippen LogP contribution < -0.4 is 5.43 Å². The van der Waals surface area contributed by atoms with Crippen LogP contribution in [0.5, 0.6) is 0 Å². The lowest BCUT2D eigenvalue weighted by Crippen LogP contribution is -2.42. The number of para-hydroxylation sites is 1. The second kappa shape index (κ2) is 7.30. The van der Waals surface area contributed by atoms with Gasteiger partial charge in [0.05, 0.1) is 5.69 Å². The summed E-state index contributed by atoms with van der Waals surface area (Å²) < 4.78 is 0. The van der Waals surface area contributed by atoms with Crippen molar-refractivity contribution in [1.29, 1.82) is 0 Å². The Hall–Kier alpha value is -1.54. The van der Waals surface area contributed by atoms with Gasteiger partial charge in [-0.05, 0) is 53.2 Å². The number of rotatable bonds is 6. The fraction of sp³-hybridized carbons (Fsp3) is 0.444.